The maximum atomic E-state index is 13.3. The van der Waals surface area contributed by atoms with Crippen LogP contribution in [0.2, 0.25) is 10.0 Å². The van der Waals surface area contributed by atoms with Crippen molar-refractivity contribution < 1.29 is 19.4 Å². The highest BCUT2D eigenvalue weighted by Crippen LogP contribution is 2.41. The number of hydrogen-bond acceptors (Lipinski definition) is 10. The Morgan fingerprint density at radius 3 is 2.44 bits per heavy atom. The predicted octanol–water partition coefficient (Wildman–Crippen LogP) is 4.98. The third-order valence-corrected chi connectivity index (χ3v) is 9.26. The lowest BCUT2D eigenvalue weighted by Crippen LogP contribution is -2.49. The molecule has 50 heavy (non-hydrogen) atoms. The van der Waals surface area contributed by atoms with Gasteiger partial charge in [-0.05, 0) is 41.5 Å². The fraction of sp³-hybridized carbons (Fsp3) is 0.250. The minimum absolute atomic E-state index is 0.0307. The monoisotopic (exact) mass is 715 g/mol. The molecule has 258 valence electrons. The molecule has 1 fully saturated rings. The standard InChI is InChI=1S/C36H35Cl2N7O5/c1-44-17-22(15-39-11-12-46)14-27(35(44)48)34(47)43-29-8-4-6-26(31(29)38)25-5-3-7-28(30(25)37)42-33-32-23(9-10-40-33)13-21(16-41-32)18-45-19-24(20-45)36(49)50-2/h3-10,13-14,16-17,24,39,46H,11-12,15,18-20H2,1-2H3,(H,40,42)(H,43,47). The second kappa shape index (κ2) is 15.4. The number of nitrogens with zero attached hydrogens (tertiary/aromatic N) is 4. The Morgan fingerprint density at radius 2 is 1.72 bits per heavy atom. The lowest BCUT2D eigenvalue weighted by atomic mass is 9.99. The van der Waals surface area contributed by atoms with E-state index < -0.39 is 11.5 Å². The number of ether oxygens (including phenoxy) is 1. The predicted molar refractivity (Wildman–Crippen MR) is 194 cm³/mol. The molecule has 3 aromatic heterocycles. The van der Waals surface area contributed by atoms with E-state index in [4.69, 9.17) is 38.0 Å². The first-order valence-corrected chi connectivity index (χ1v) is 16.6. The lowest BCUT2D eigenvalue weighted by Gasteiger charge is -2.37. The zero-order chi connectivity index (χ0) is 35.4. The number of aliphatic hydroxyl groups is 1. The van der Waals surface area contributed by atoms with Crippen LogP contribution in [-0.2, 0) is 29.7 Å². The van der Waals surface area contributed by atoms with Gasteiger partial charge in [-0.2, -0.15) is 0 Å². The molecule has 0 bridgehead atoms. The number of amides is 1. The Balaban J connectivity index is 1.21. The van der Waals surface area contributed by atoms with Crippen LogP contribution in [-0.4, -0.2) is 69.8 Å². The van der Waals surface area contributed by atoms with Crippen LogP contribution in [0.5, 0.6) is 0 Å². The molecule has 14 heteroatoms. The maximum Gasteiger partial charge on any atom is 0.311 e. The highest BCUT2D eigenvalue weighted by molar-refractivity contribution is 6.39. The first-order valence-electron chi connectivity index (χ1n) is 15.9. The molecule has 0 atom stereocenters. The van der Waals surface area contributed by atoms with E-state index in [-0.39, 0.29) is 29.1 Å². The third kappa shape index (κ3) is 7.49. The van der Waals surface area contributed by atoms with Crippen molar-refractivity contribution in [3.05, 3.63) is 110 Å². The molecule has 1 aliphatic heterocycles. The minimum atomic E-state index is -0.608. The summed E-state index contributed by atoms with van der Waals surface area (Å²) in [5.74, 6) is -0.359. The number of anilines is 3. The van der Waals surface area contributed by atoms with Gasteiger partial charge in [-0.25, -0.2) is 4.98 Å². The smallest absolute Gasteiger partial charge is 0.311 e. The number of pyridine rings is 3. The SMILES string of the molecule is COC(=O)C1CN(Cc2cnc3c(Nc4cccc(-c5cccc(NC(=O)c6cc(CNCCO)cn(C)c6=O)c5Cl)c4Cl)nccc3c2)C1. The zero-order valence-corrected chi connectivity index (χ0v) is 28.9. The van der Waals surface area contributed by atoms with Gasteiger partial charge >= 0.3 is 5.97 Å². The number of carbonyl (C=O) groups excluding carboxylic acids is 2. The summed E-state index contributed by atoms with van der Waals surface area (Å²) in [5, 5.41) is 19.7. The number of hydrogen-bond donors (Lipinski definition) is 4. The van der Waals surface area contributed by atoms with E-state index in [0.717, 1.165) is 10.9 Å². The van der Waals surface area contributed by atoms with Crippen LogP contribution in [0.4, 0.5) is 17.2 Å². The zero-order valence-electron chi connectivity index (χ0n) is 27.4. The molecular weight excluding hydrogens is 681 g/mol. The summed E-state index contributed by atoms with van der Waals surface area (Å²) < 4.78 is 6.18. The molecule has 1 saturated heterocycles. The van der Waals surface area contributed by atoms with Crippen molar-refractivity contribution in [1.29, 1.82) is 0 Å². The van der Waals surface area contributed by atoms with Crippen LogP contribution in [0.1, 0.15) is 21.5 Å². The summed E-state index contributed by atoms with van der Waals surface area (Å²) in [7, 11) is 2.98. The van der Waals surface area contributed by atoms with Crippen LogP contribution in [0.15, 0.2) is 78.0 Å². The number of carbonyl (C=O) groups is 2. The second-order valence-electron chi connectivity index (χ2n) is 12.0. The molecule has 0 spiro atoms. The fourth-order valence-electron chi connectivity index (χ4n) is 5.90. The lowest BCUT2D eigenvalue weighted by molar-refractivity contribution is -0.151. The van der Waals surface area contributed by atoms with Crippen molar-refractivity contribution in [1.82, 2.24) is 24.8 Å². The Bertz CT molecular complexity index is 2130. The van der Waals surface area contributed by atoms with Gasteiger partial charge in [0, 0.05) is 74.9 Å². The van der Waals surface area contributed by atoms with Gasteiger partial charge in [-0.15, -0.1) is 0 Å². The Labute approximate surface area is 298 Å². The van der Waals surface area contributed by atoms with Gasteiger partial charge in [-0.1, -0.05) is 47.5 Å². The van der Waals surface area contributed by atoms with E-state index >= 15 is 0 Å². The van der Waals surface area contributed by atoms with Crippen LogP contribution in [0.25, 0.3) is 22.0 Å². The van der Waals surface area contributed by atoms with Crippen molar-refractivity contribution >= 4 is 63.2 Å². The van der Waals surface area contributed by atoms with Gasteiger partial charge in [0.15, 0.2) is 5.82 Å². The summed E-state index contributed by atoms with van der Waals surface area (Å²) in [4.78, 5) is 49.3. The Kier molecular flexibility index (Phi) is 10.8. The number of methoxy groups -OCH3 is 1. The maximum absolute atomic E-state index is 13.3. The summed E-state index contributed by atoms with van der Waals surface area (Å²) in [5.41, 5.74) is 3.95. The average Bonchev–Trinajstić information content (AvgIpc) is 3.09. The normalized spacial score (nSPS) is 13.2. The summed E-state index contributed by atoms with van der Waals surface area (Å²) in [6.07, 6.45) is 5.14. The van der Waals surface area contributed by atoms with E-state index in [1.54, 1.807) is 43.8 Å². The number of aliphatic hydroxyl groups excluding tert-OH is 1. The summed E-state index contributed by atoms with van der Waals surface area (Å²) in [6, 6.07) is 16.1. The van der Waals surface area contributed by atoms with Crippen LogP contribution >= 0.6 is 23.2 Å². The molecule has 0 radical (unpaired) electrons. The Hall–Kier alpha value is -4.85. The van der Waals surface area contributed by atoms with Crippen molar-refractivity contribution in [2.24, 2.45) is 13.0 Å². The molecule has 6 rings (SSSR count). The first-order chi connectivity index (χ1) is 24.2. The molecule has 4 N–H and O–H groups in total. The van der Waals surface area contributed by atoms with E-state index in [2.05, 4.69) is 31.9 Å². The largest absolute Gasteiger partial charge is 0.469 e. The van der Waals surface area contributed by atoms with Crippen molar-refractivity contribution in [2.75, 3.05) is 44.0 Å². The molecule has 1 amide bonds. The quantitative estimate of drug-likeness (QED) is 0.103. The molecule has 0 aliphatic carbocycles. The van der Waals surface area contributed by atoms with Crippen LogP contribution in [0.3, 0.4) is 0 Å². The van der Waals surface area contributed by atoms with E-state index in [1.165, 1.54) is 17.7 Å². The van der Waals surface area contributed by atoms with Crippen molar-refractivity contribution in [3.63, 3.8) is 0 Å². The molecule has 2 aromatic carbocycles. The first kappa shape index (κ1) is 35.0. The Morgan fingerprint density at radius 1 is 1.00 bits per heavy atom. The number of benzene rings is 2. The fourth-order valence-corrected chi connectivity index (χ4v) is 6.45. The van der Waals surface area contributed by atoms with Crippen molar-refractivity contribution in [2.45, 2.75) is 13.1 Å². The molecule has 0 saturated carbocycles. The number of rotatable bonds is 12. The highest BCUT2D eigenvalue weighted by Gasteiger charge is 2.33. The second-order valence-corrected chi connectivity index (χ2v) is 12.7. The van der Waals surface area contributed by atoms with E-state index in [1.807, 2.05) is 24.3 Å². The summed E-state index contributed by atoms with van der Waals surface area (Å²) >= 11 is 13.8. The molecular formula is C36H35Cl2N7O5. The number of esters is 1. The minimum Gasteiger partial charge on any atom is -0.469 e. The van der Waals surface area contributed by atoms with E-state index in [0.29, 0.717) is 77.1 Å². The molecule has 1 aliphatic rings. The van der Waals surface area contributed by atoms with Crippen LogP contribution in [0, 0.1) is 5.92 Å². The van der Waals surface area contributed by atoms with Gasteiger partial charge in [-0.3, -0.25) is 24.3 Å². The molecule has 0 unspecified atom stereocenters. The molecule has 5 aromatic rings. The number of fused-ring (bicyclic) bond motifs is 1. The van der Waals surface area contributed by atoms with Gasteiger partial charge in [0.05, 0.1) is 41.1 Å². The number of aromatic nitrogens is 3. The van der Waals surface area contributed by atoms with Crippen molar-refractivity contribution in [3.8, 4) is 11.1 Å². The highest BCUT2D eigenvalue weighted by atomic mass is 35.5. The average molecular weight is 717 g/mol. The van der Waals surface area contributed by atoms with E-state index in [9.17, 15) is 14.4 Å². The summed E-state index contributed by atoms with van der Waals surface area (Å²) in [6.45, 7) is 2.70. The van der Waals surface area contributed by atoms with Gasteiger partial charge in [0.25, 0.3) is 11.5 Å². The van der Waals surface area contributed by atoms with Gasteiger partial charge in [0.2, 0.25) is 0 Å². The third-order valence-electron chi connectivity index (χ3n) is 8.44. The number of nitrogens with one attached hydrogen (secondary N) is 3. The topological polar surface area (TPSA) is 151 Å². The molecule has 4 heterocycles. The van der Waals surface area contributed by atoms with Crippen LogP contribution < -0.4 is 21.5 Å². The molecule has 12 nitrogen and oxygen atoms in total. The number of halogens is 2. The van der Waals surface area contributed by atoms with Gasteiger partial charge in [0.1, 0.15) is 11.1 Å². The van der Waals surface area contributed by atoms with Gasteiger partial charge < -0.3 is 30.4 Å². The number of aryl methyl sites for hydroxylation is 1. The number of likely N-dealkylation sites (tertiary alicyclic amines) is 1.